The average Bonchev–Trinajstić information content (AvgIpc) is 3.44. The molecular formula is C25H26N2O6. The van der Waals surface area contributed by atoms with Crippen LogP contribution in [0.3, 0.4) is 0 Å². The quantitative estimate of drug-likeness (QED) is 0.391. The molecule has 1 aliphatic carbocycles. The van der Waals surface area contributed by atoms with Crippen LogP contribution in [-0.2, 0) is 9.47 Å². The minimum Gasteiger partial charge on any atom is -0.461 e. The predicted octanol–water partition coefficient (Wildman–Crippen LogP) is 3.12. The lowest BCUT2D eigenvalue weighted by atomic mass is 9.98. The van der Waals surface area contributed by atoms with Gasteiger partial charge in [0.05, 0.1) is 6.61 Å². The van der Waals surface area contributed by atoms with Crippen molar-refractivity contribution in [3.05, 3.63) is 83.2 Å². The number of rotatable bonds is 8. The lowest BCUT2D eigenvalue weighted by Gasteiger charge is -2.18. The molecule has 8 nitrogen and oxygen atoms in total. The minimum atomic E-state index is -1.33. The van der Waals surface area contributed by atoms with E-state index in [1.807, 2.05) is 36.4 Å². The van der Waals surface area contributed by atoms with E-state index in [0.717, 1.165) is 22.3 Å². The lowest BCUT2D eigenvalue weighted by Crippen LogP contribution is -2.36. The second-order valence-electron chi connectivity index (χ2n) is 7.77. The highest BCUT2D eigenvalue weighted by atomic mass is 16.5. The summed E-state index contributed by atoms with van der Waals surface area (Å²) in [5.41, 5.74) is 4.88. The highest BCUT2D eigenvalue weighted by Gasteiger charge is 2.29. The van der Waals surface area contributed by atoms with Crippen molar-refractivity contribution in [3.63, 3.8) is 0 Å². The molecule has 172 valence electrons. The summed E-state index contributed by atoms with van der Waals surface area (Å²) in [6, 6.07) is 19.0. The Labute approximate surface area is 191 Å². The molecule has 4 N–H and O–H groups in total. The van der Waals surface area contributed by atoms with Crippen molar-refractivity contribution in [2.45, 2.75) is 25.0 Å². The van der Waals surface area contributed by atoms with Crippen LogP contribution in [0.1, 0.15) is 46.3 Å². The standard InChI is InChI=1S/C25H26N2O6/c1-2-32-24(30)21-12-11-20(27-21)23(29)22(28)13-26-25(31)33-14-19-17-9-5-3-7-15(17)16-8-4-6-10-18(16)19/h3-12,19,22-23,27-29H,2,13-14H2,1H3,(H,26,31). The Balaban J connectivity index is 1.31. The van der Waals surface area contributed by atoms with Crippen LogP contribution in [0, 0.1) is 0 Å². The molecular weight excluding hydrogens is 424 g/mol. The van der Waals surface area contributed by atoms with E-state index in [4.69, 9.17) is 9.47 Å². The summed E-state index contributed by atoms with van der Waals surface area (Å²) in [4.78, 5) is 26.7. The Kier molecular flexibility index (Phi) is 6.76. The third kappa shape index (κ3) is 4.76. The molecule has 1 aromatic heterocycles. The van der Waals surface area contributed by atoms with E-state index in [-0.39, 0.29) is 37.1 Å². The first-order chi connectivity index (χ1) is 16.0. The van der Waals surface area contributed by atoms with Crippen molar-refractivity contribution in [2.75, 3.05) is 19.8 Å². The maximum absolute atomic E-state index is 12.3. The fourth-order valence-corrected chi connectivity index (χ4v) is 4.07. The van der Waals surface area contributed by atoms with Crippen LogP contribution < -0.4 is 5.32 Å². The maximum atomic E-state index is 12.3. The predicted molar refractivity (Wildman–Crippen MR) is 121 cm³/mol. The van der Waals surface area contributed by atoms with E-state index in [9.17, 15) is 19.8 Å². The molecule has 0 bridgehead atoms. The van der Waals surface area contributed by atoms with Crippen LogP contribution in [-0.4, -0.2) is 53.1 Å². The van der Waals surface area contributed by atoms with Crippen molar-refractivity contribution in [2.24, 2.45) is 0 Å². The Morgan fingerprint density at radius 2 is 1.61 bits per heavy atom. The summed E-state index contributed by atoms with van der Waals surface area (Å²) < 4.78 is 10.3. The highest BCUT2D eigenvalue weighted by Crippen LogP contribution is 2.44. The summed E-state index contributed by atoms with van der Waals surface area (Å²) in [7, 11) is 0. The number of nitrogens with one attached hydrogen (secondary N) is 2. The molecule has 0 saturated carbocycles. The number of ether oxygens (including phenoxy) is 2. The molecule has 2 unspecified atom stereocenters. The van der Waals surface area contributed by atoms with Crippen molar-refractivity contribution in [3.8, 4) is 11.1 Å². The maximum Gasteiger partial charge on any atom is 0.407 e. The molecule has 2 aromatic carbocycles. The van der Waals surface area contributed by atoms with E-state index in [2.05, 4.69) is 22.4 Å². The second-order valence-corrected chi connectivity index (χ2v) is 7.77. The van der Waals surface area contributed by atoms with Gasteiger partial charge in [-0.3, -0.25) is 0 Å². The fraction of sp³-hybridized carbons (Fsp3) is 0.280. The van der Waals surface area contributed by atoms with E-state index in [1.54, 1.807) is 6.92 Å². The van der Waals surface area contributed by atoms with Crippen molar-refractivity contribution in [1.29, 1.82) is 0 Å². The van der Waals surface area contributed by atoms with Gasteiger partial charge < -0.3 is 30.0 Å². The zero-order chi connectivity index (χ0) is 23.4. The molecule has 8 heteroatoms. The number of H-pyrrole nitrogens is 1. The number of esters is 1. The number of carbonyl (C=O) groups is 2. The van der Waals surface area contributed by atoms with Crippen molar-refractivity contribution < 1.29 is 29.3 Å². The Hall–Kier alpha value is -3.62. The van der Waals surface area contributed by atoms with Gasteiger partial charge in [-0.1, -0.05) is 48.5 Å². The summed E-state index contributed by atoms with van der Waals surface area (Å²) in [6.07, 6.45) is -3.33. The monoisotopic (exact) mass is 450 g/mol. The van der Waals surface area contributed by atoms with Gasteiger partial charge in [0.25, 0.3) is 0 Å². The van der Waals surface area contributed by atoms with Gasteiger partial charge in [-0.2, -0.15) is 0 Å². The van der Waals surface area contributed by atoms with Crippen molar-refractivity contribution >= 4 is 12.1 Å². The van der Waals surface area contributed by atoms with Gasteiger partial charge in [-0.25, -0.2) is 9.59 Å². The van der Waals surface area contributed by atoms with Gasteiger partial charge in [0, 0.05) is 18.2 Å². The van der Waals surface area contributed by atoms with Crippen LogP contribution in [0.2, 0.25) is 0 Å². The van der Waals surface area contributed by atoms with Crippen LogP contribution in [0.5, 0.6) is 0 Å². The summed E-state index contributed by atoms with van der Waals surface area (Å²) >= 11 is 0. The number of aliphatic hydroxyl groups is 2. The first kappa shape index (κ1) is 22.6. The van der Waals surface area contributed by atoms with E-state index < -0.39 is 24.3 Å². The normalized spacial score (nSPS) is 14.2. The molecule has 33 heavy (non-hydrogen) atoms. The molecule has 3 aromatic rings. The first-order valence-electron chi connectivity index (χ1n) is 10.8. The molecule has 1 heterocycles. The average molecular weight is 450 g/mol. The second kappa shape index (κ2) is 9.89. The molecule has 0 spiro atoms. The lowest BCUT2D eigenvalue weighted by molar-refractivity contribution is 0.0162. The Morgan fingerprint density at radius 1 is 0.970 bits per heavy atom. The molecule has 4 rings (SSSR count). The molecule has 0 radical (unpaired) electrons. The molecule has 0 saturated heterocycles. The molecule has 2 atom stereocenters. The van der Waals surface area contributed by atoms with Gasteiger partial charge in [0.15, 0.2) is 0 Å². The number of hydrogen-bond donors (Lipinski definition) is 4. The number of amides is 1. The summed E-state index contributed by atoms with van der Waals surface area (Å²) in [5.74, 6) is -0.624. The fourth-order valence-electron chi connectivity index (χ4n) is 4.07. The number of carbonyl (C=O) groups excluding carboxylic acids is 2. The zero-order valence-electron chi connectivity index (χ0n) is 18.2. The van der Waals surface area contributed by atoms with Gasteiger partial charge in [-0.15, -0.1) is 0 Å². The van der Waals surface area contributed by atoms with Gasteiger partial charge >= 0.3 is 12.1 Å². The van der Waals surface area contributed by atoms with Crippen LogP contribution in [0.4, 0.5) is 4.79 Å². The SMILES string of the molecule is CCOC(=O)c1ccc(C(O)C(O)CNC(=O)OCC2c3ccccc3-c3ccccc32)[nH]1. The number of benzene rings is 2. The topological polar surface area (TPSA) is 121 Å². The Bertz CT molecular complexity index is 1100. The number of alkyl carbamates (subject to hydrolysis) is 1. The summed E-state index contributed by atoms with van der Waals surface area (Å²) in [5, 5.41) is 23.1. The van der Waals surface area contributed by atoms with Gasteiger partial charge in [-0.05, 0) is 41.3 Å². The van der Waals surface area contributed by atoms with Crippen LogP contribution in [0.25, 0.3) is 11.1 Å². The number of fused-ring (bicyclic) bond motifs is 3. The largest absolute Gasteiger partial charge is 0.461 e. The van der Waals surface area contributed by atoms with E-state index in [0.29, 0.717) is 0 Å². The first-order valence-corrected chi connectivity index (χ1v) is 10.8. The van der Waals surface area contributed by atoms with Crippen LogP contribution in [0.15, 0.2) is 60.7 Å². The van der Waals surface area contributed by atoms with E-state index >= 15 is 0 Å². The number of aliphatic hydroxyl groups excluding tert-OH is 2. The Morgan fingerprint density at radius 3 is 2.24 bits per heavy atom. The number of aromatic nitrogens is 1. The van der Waals surface area contributed by atoms with Crippen molar-refractivity contribution in [1.82, 2.24) is 10.3 Å². The van der Waals surface area contributed by atoms with E-state index in [1.165, 1.54) is 12.1 Å². The summed E-state index contributed by atoms with van der Waals surface area (Å²) in [6.45, 7) is 1.83. The minimum absolute atomic E-state index is 0.0705. The number of aromatic amines is 1. The molecule has 0 fully saturated rings. The van der Waals surface area contributed by atoms with Gasteiger partial charge in [0.2, 0.25) is 0 Å². The third-order valence-corrected chi connectivity index (χ3v) is 5.69. The highest BCUT2D eigenvalue weighted by molar-refractivity contribution is 5.87. The molecule has 1 amide bonds. The number of hydrogen-bond acceptors (Lipinski definition) is 6. The third-order valence-electron chi connectivity index (χ3n) is 5.69. The molecule has 0 aliphatic heterocycles. The zero-order valence-corrected chi connectivity index (χ0v) is 18.2. The van der Waals surface area contributed by atoms with Crippen LogP contribution >= 0.6 is 0 Å². The van der Waals surface area contributed by atoms with Gasteiger partial charge in [0.1, 0.15) is 24.5 Å². The molecule has 1 aliphatic rings. The smallest absolute Gasteiger partial charge is 0.407 e.